The molecule has 1 aliphatic rings. The Hall–Kier alpha value is -1.86. The highest BCUT2D eigenvalue weighted by atomic mass is 35.5. The molecule has 8 heteroatoms. The molecule has 1 aliphatic heterocycles. The summed E-state index contributed by atoms with van der Waals surface area (Å²) >= 11 is 6.12. The van der Waals surface area contributed by atoms with Gasteiger partial charge in [-0.2, -0.15) is 4.98 Å². The number of nitrogens with zero attached hydrogens (tertiary/aromatic N) is 3. The maximum absolute atomic E-state index is 11.6. The van der Waals surface area contributed by atoms with Crippen LogP contribution in [0.1, 0.15) is 6.42 Å². The van der Waals surface area contributed by atoms with Crippen LogP contribution in [0.2, 0.25) is 5.02 Å². The number of benzene rings is 1. The molecule has 1 fully saturated rings. The number of aromatic nitrogens is 2. The van der Waals surface area contributed by atoms with Gasteiger partial charge in [0.25, 0.3) is 0 Å². The van der Waals surface area contributed by atoms with E-state index in [4.69, 9.17) is 11.6 Å². The first kappa shape index (κ1) is 16.0. The van der Waals surface area contributed by atoms with E-state index < -0.39 is 9.84 Å². The molecule has 2 heterocycles. The third-order valence-corrected chi connectivity index (χ3v) is 5.96. The Morgan fingerprint density at radius 2 is 2.09 bits per heavy atom. The Balaban J connectivity index is 1.79. The predicted octanol–water partition coefficient (Wildman–Crippen LogP) is 2.50. The summed E-state index contributed by atoms with van der Waals surface area (Å²) in [5.41, 5.74) is 0.720. The lowest BCUT2D eigenvalue weighted by Gasteiger charge is -2.24. The predicted molar refractivity (Wildman–Crippen MR) is 92.2 cm³/mol. The zero-order valence-corrected chi connectivity index (χ0v) is 14.2. The first-order valence-electron chi connectivity index (χ1n) is 7.22. The molecule has 122 valence electrons. The van der Waals surface area contributed by atoms with Gasteiger partial charge in [-0.1, -0.05) is 23.7 Å². The van der Waals surface area contributed by atoms with E-state index in [1.165, 1.54) is 0 Å². The second kappa shape index (κ2) is 6.33. The molecule has 0 amide bonds. The van der Waals surface area contributed by atoms with Gasteiger partial charge in [-0.05, 0) is 24.6 Å². The van der Waals surface area contributed by atoms with Crippen LogP contribution in [-0.4, -0.2) is 43.0 Å². The summed E-state index contributed by atoms with van der Waals surface area (Å²) in [7, 11) is -1.08. The number of anilines is 3. The van der Waals surface area contributed by atoms with E-state index in [2.05, 4.69) is 15.3 Å². The molecule has 0 spiro atoms. The Morgan fingerprint density at radius 1 is 1.30 bits per heavy atom. The second-order valence-electron chi connectivity index (χ2n) is 5.51. The maximum Gasteiger partial charge on any atom is 0.229 e. The van der Waals surface area contributed by atoms with Crippen LogP contribution in [0, 0.1) is 0 Å². The van der Waals surface area contributed by atoms with Gasteiger partial charge in [-0.3, -0.25) is 0 Å². The molecule has 2 aromatic rings. The largest absolute Gasteiger partial charge is 0.355 e. The molecule has 6 nitrogen and oxygen atoms in total. The summed E-state index contributed by atoms with van der Waals surface area (Å²) in [4.78, 5) is 10.5. The summed E-state index contributed by atoms with van der Waals surface area (Å²) in [5.74, 6) is 1.50. The average molecular weight is 353 g/mol. The van der Waals surface area contributed by atoms with Gasteiger partial charge in [0.05, 0.1) is 22.2 Å². The molecule has 1 saturated heterocycles. The first-order valence-corrected chi connectivity index (χ1v) is 9.42. The van der Waals surface area contributed by atoms with Gasteiger partial charge < -0.3 is 10.2 Å². The van der Waals surface area contributed by atoms with Gasteiger partial charge in [0.15, 0.2) is 9.84 Å². The van der Waals surface area contributed by atoms with Crippen LogP contribution in [0.3, 0.4) is 0 Å². The minimum absolute atomic E-state index is 0.0527. The maximum atomic E-state index is 11.6. The van der Waals surface area contributed by atoms with Crippen molar-refractivity contribution in [1.82, 2.24) is 9.97 Å². The monoisotopic (exact) mass is 352 g/mol. The molecule has 0 radical (unpaired) electrons. The molecule has 0 bridgehead atoms. The van der Waals surface area contributed by atoms with Crippen LogP contribution >= 0.6 is 11.6 Å². The van der Waals surface area contributed by atoms with E-state index >= 15 is 0 Å². The number of hydrogen-bond donors (Lipinski definition) is 1. The Labute approximate surface area is 140 Å². The average Bonchev–Trinajstić information content (AvgIpc) is 2.89. The van der Waals surface area contributed by atoms with Gasteiger partial charge in [-0.15, -0.1) is 0 Å². The molecular weight excluding hydrogens is 336 g/mol. The van der Waals surface area contributed by atoms with Crippen molar-refractivity contribution in [3.63, 3.8) is 0 Å². The molecule has 0 aliphatic carbocycles. The summed E-state index contributed by atoms with van der Waals surface area (Å²) in [5, 5.41) is 3.66. The fraction of sp³-hybridized carbons (Fsp3) is 0.333. The van der Waals surface area contributed by atoms with Gasteiger partial charge in [-0.25, -0.2) is 13.4 Å². The van der Waals surface area contributed by atoms with Crippen molar-refractivity contribution in [2.75, 3.05) is 28.8 Å². The number of sulfone groups is 1. The Bertz CT molecular complexity index is 813. The van der Waals surface area contributed by atoms with Gasteiger partial charge in [0.1, 0.15) is 5.82 Å². The van der Waals surface area contributed by atoms with Gasteiger partial charge in [0, 0.05) is 19.3 Å². The van der Waals surface area contributed by atoms with Crippen LogP contribution in [-0.2, 0) is 9.84 Å². The van der Waals surface area contributed by atoms with Crippen molar-refractivity contribution in [2.24, 2.45) is 0 Å². The fourth-order valence-electron chi connectivity index (χ4n) is 2.56. The number of para-hydroxylation sites is 1. The zero-order chi connectivity index (χ0) is 16.4. The molecule has 23 heavy (non-hydrogen) atoms. The van der Waals surface area contributed by atoms with Crippen LogP contribution in [0.5, 0.6) is 0 Å². The van der Waals surface area contributed by atoms with E-state index in [9.17, 15) is 8.42 Å². The molecule has 1 unspecified atom stereocenters. The quantitative estimate of drug-likeness (QED) is 0.911. The molecule has 1 aromatic carbocycles. The van der Waals surface area contributed by atoms with Crippen molar-refractivity contribution in [3.8, 4) is 0 Å². The second-order valence-corrected chi connectivity index (χ2v) is 8.15. The summed E-state index contributed by atoms with van der Waals surface area (Å²) < 4.78 is 23.3. The highest BCUT2D eigenvalue weighted by Crippen LogP contribution is 2.25. The third kappa shape index (κ3) is 3.73. The van der Waals surface area contributed by atoms with Crippen molar-refractivity contribution in [2.45, 2.75) is 12.5 Å². The van der Waals surface area contributed by atoms with E-state index in [0.29, 0.717) is 23.2 Å². The van der Waals surface area contributed by atoms with Crippen LogP contribution in [0.4, 0.5) is 17.5 Å². The first-order chi connectivity index (χ1) is 10.9. The number of nitrogens with one attached hydrogen (secondary N) is 1. The summed E-state index contributed by atoms with van der Waals surface area (Å²) in [6.45, 7) is 0. The molecule has 0 saturated carbocycles. The lowest BCUT2D eigenvalue weighted by Crippen LogP contribution is -2.33. The molecule has 1 N–H and O–H groups in total. The number of hydrogen-bond acceptors (Lipinski definition) is 6. The van der Waals surface area contributed by atoms with Crippen molar-refractivity contribution >= 4 is 38.9 Å². The topological polar surface area (TPSA) is 75.2 Å². The SMILES string of the molecule is CN(c1ccnc(Nc2ccccc2Cl)n1)C1CCS(=O)(=O)C1. The van der Waals surface area contributed by atoms with E-state index in [1.807, 2.05) is 30.1 Å². The molecule has 1 atom stereocenters. The molecule has 3 rings (SSSR count). The molecular formula is C15H17ClN4O2S. The standard InChI is InChI=1S/C15H17ClN4O2S/c1-20(11-7-9-23(21,22)10-11)14-6-8-17-15(19-14)18-13-5-3-2-4-12(13)16/h2-6,8,11H,7,9-10H2,1H3,(H,17,18,19). The lowest BCUT2D eigenvalue weighted by atomic mass is 10.2. The number of halogens is 1. The van der Waals surface area contributed by atoms with Crippen LogP contribution < -0.4 is 10.2 Å². The molecule has 1 aromatic heterocycles. The normalized spacial score (nSPS) is 19.5. The highest BCUT2D eigenvalue weighted by Gasteiger charge is 2.31. The third-order valence-electron chi connectivity index (χ3n) is 3.88. The summed E-state index contributed by atoms with van der Waals surface area (Å²) in [6.07, 6.45) is 2.26. The van der Waals surface area contributed by atoms with Gasteiger partial charge in [0.2, 0.25) is 5.95 Å². The van der Waals surface area contributed by atoms with Crippen molar-refractivity contribution in [3.05, 3.63) is 41.6 Å². The smallest absolute Gasteiger partial charge is 0.229 e. The van der Waals surface area contributed by atoms with E-state index in [-0.39, 0.29) is 17.5 Å². The zero-order valence-electron chi connectivity index (χ0n) is 12.6. The fourth-order valence-corrected chi connectivity index (χ4v) is 4.51. The lowest BCUT2D eigenvalue weighted by molar-refractivity contribution is 0.600. The van der Waals surface area contributed by atoms with Crippen LogP contribution in [0.15, 0.2) is 36.5 Å². The number of rotatable bonds is 4. The van der Waals surface area contributed by atoms with E-state index in [1.54, 1.807) is 18.3 Å². The summed E-state index contributed by atoms with van der Waals surface area (Å²) in [6, 6.07) is 9.05. The van der Waals surface area contributed by atoms with Crippen molar-refractivity contribution < 1.29 is 8.42 Å². The minimum atomic E-state index is -2.93. The van der Waals surface area contributed by atoms with Crippen molar-refractivity contribution in [1.29, 1.82) is 0 Å². The van der Waals surface area contributed by atoms with E-state index in [0.717, 1.165) is 5.69 Å². The highest BCUT2D eigenvalue weighted by molar-refractivity contribution is 7.91. The van der Waals surface area contributed by atoms with Gasteiger partial charge >= 0.3 is 0 Å². The minimum Gasteiger partial charge on any atom is -0.355 e. The van der Waals surface area contributed by atoms with Crippen LogP contribution in [0.25, 0.3) is 0 Å². The Kier molecular flexibility index (Phi) is 4.41. The Morgan fingerprint density at radius 3 is 2.78 bits per heavy atom.